The van der Waals surface area contributed by atoms with Crippen LogP contribution in [0, 0.1) is 0 Å². The summed E-state index contributed by atoms with van der Waals surface area (Å²) in [6.07, 6.45) is 38.7. The van der Waals surface area contributed by atoms with Crippen molar-refractivity contribution >= 4 is 5.97 Å². The van der Waals surface area contributed by atoms with Crippen LogP contribution in [0.15, 0.2) is 84.9 Å². The van der Waals surface area contributed by atoms with Gasteiger partial charge in [-0.15, -0.1) is 0 Å². The maximum absolute atomic E-state index is 12.5. The van der Waals surface area contributed by atoms with Gasteiger partial charge in [-0.3, -0.25) is 0 Å². The number of benzene rings is 4. The number of carboxylic acids is 1. The van der Waals surface area contributed by atoms with E-state index in [2.05, 4.69) is 20.8 Å². The van der Waals surface area contributed by atoms with E-state index in [0.29, 0.717) is 37.1 Å². The third kappa shape index (κ3) is 27.3. The molecule has 4 aromatic carbocycles. The molecule has 0 amide bonds. The number of hydrogen-bond donors (Lipinski definition) is 1. The Morgan fingerprint density at radius 1 is 0.333 bits per heavy atom. The lowest BCUT2D eigenvalue weighted by atomic mass is 10.1. The normalized spacial score (nSPS) is 11.2. The minimum absolute atomic E-state index is 0.0442. The molecule has 8 heteroatoms. The predicted octanol–water partition coefficient (Wildman–Crippen LogP) is 19.0. The molecule has 0 aliphatic rings. The molecule has 400 valence electrons. The van der Waals surface area contributed by atoms with E-state index < -0.39 is 5.97 Å². The number of unbranched alkanes of at least 4 members (excludes halogenated alkanes) is 27. The fraction of sp³-hybridized carbons (Fsp3) is 0.609. The van der Waals surface area contributed by atoms with Gasteiger partial charge in [-0.05, 0) is 84.5 Å². The monoisotopic (exact) mass is 993 g/mol. The van der Waals surface area contributed by atoms with E-state index in [0.717, 1.165) is 53.2 Å². The van der Waals surface area contributed by atoms with Gasteiger partial charge in [0.2, 0.25) is 5.75 Å². The molecule has 72 heavy (non-hydrogen) atoms. The molecule has 0 radical (unpaired) electrons. The van der Waals surface area contributed by atoms with Gasteiger partial charge in [0.25, 0.3) is 0 Å². The number of hydrogen-bond acceptors (Lipinski definition) is 7. The second-order valence-electron chi connectivity index (χ2n) is 20.0. The van der Waals surface area contributed by atoms with Gasteiger partial charge in [0, 0.05) is 0 Å². The van der Waals surface area contributed by atoms with Gasteiger partial charge in [-0.1, -0.05) is 231 Å². The molecule has 0 saturated carbocycles. The van der Waals surface area contributed by atoms with Crippen LogP contribution < -0.4 is 28.4 Å². The highest BCUT2D eigenvalue weighted by molar-refractivity contribution is 5.89. The summed E-state index contributed by atoms with van der Waals surface area (Å²) in [6.45, 7) is 9.51. The van der Waals surface area contributed by atoms with Gasteiger partial charge in [0.05, 0.1) is 25.4 Å². The van der Waals surface area contributed by atoms with E-state index in [1.54, 1.807) is 0 Å². The third-order valence-corrected chi connectivity index (χ3v) is 13.5. The van der Waals surface area contributed by atoms with E-state index in [1.165, 1.54) is 185 Å². The van der Waals surface area contributed by atoms with Gasteiger partial charge in [-0.25, -0.2) is 4.79 Å². The third-order valence-electron chi connectivity index (χ3n) is 13.5. The molecular weight excluding hydrogens is 897 g/mol. The number of ether oxygens (including phenoxy) is 6. The van der Waals surface area contributed by atoms with E-state index in [-0.39, 0.29) is 25.4 Å². The van der Waals surface area contributed by atoms with Crippen LogP contribution in [0.1, 0.15) is 240 Å². The van der Waals surface area contributed by atoms with Crippen LogP contribution in [-0.4, -0.2) is 30.9 Å². The molecule has 0 aliphatic carbocycles. The number of rotatable bonds is 46. The van der Waals surface area contributed by atoms with Crippen LogP contribution in [0.3, 0.4) is 0 Å². The maximum atomic E-state index is 12.5. The van der Waals surface area contributed by atoms with E-state index in [9.17, 15) is 9.90 Å². The van der Waals surface area contributed by atoms with E-state index in [4.69, 9.17) is 28.4 Å². The Bertz CT molecular complexity index is 1830. The van der Waals surface area contributed by atoms with Crippen molar-refractivity contribution in [1.82, 2.24) is 0 Å². The van der Waals surface area contributed by atoms with Crippen molar-refractivity contribution in [3.05, 3.63) is 107 Å². The van der Waals surface area contributed by atoms with Crippen LogP contribution in [0.4, 0.5) is 0 Å². The minimum atomic E-state index is -1.09. The lowest BCUT2D eigenvalue weighted by Gasteiger charge is -2.19. The lowest BCUT2D eigenvalue weighted by molar-refractivity contribution is 0.0695. The topological polar surface area (TPSA) is 92.7 Å². The van der Waals surface area contributed by atoms with Gasteiger partial charge in [0.1, 0.15) is 37.1 Å². The smallest absolute Gasteiger partial charge is 0.335 e. The molecule has 0 atom stereocenters. The fourth-order valence-electron chi connectivity index (χ4n) is 8.92. The first-order valence-corrected chi connectivity index (χ1v) is 28.9. The molecule has 1 N–H and O–H groups in total. The Hall–Kier alpha value is -4.85. The van der Waals surface area contributed by atoms with Crippen molar-refractivity contribution in [2.75, 3.05) is 19.8 Å². The quantitative estimate of drug-likeness (QED) is 0.0438. The van der Waals surface area contributed by atoms with Crippen molar-refractivity contribution in [1.29, 1.82) is 0 Å². The highest BCUT2D eigenvalue weighted by Crippen LogP contribution is 2.41. The van der Waals surface area contributed by atoms with Gasteiger partial charge in [-0.2, -0.15) is 0 Å². The summed E-state index contributed by atoms with van der Waals surface area (Å²) in [4.78, 5) is 12.5. The zero-order valence-corrected chi connectivity index (χ0v) is 45.3. The molecule has 4 aromatic rings. The first-order valence-electron chi connectivity index (χ1n) is 28.9. The molecule has 8 nitrogen and oxygen atoms in total. The molecule has 0 unspecified atom stereocenters. The number of carbonyl (C=O) groups is 1. The first-order chi connectivity index (χ1) is 35.5. The highest BCUT2D eigenvalue weighted by atomic mass is 16.5. The Labute approximate surface area is 437 Å². The molecule has 0 spiro atoms. The van der Waals surface area contributed by atoms with Crippen molar-refractivity contribution in [3.8, 4) is 34.5 Å². The number of carboxylic acid groups (broad SMARTS) is 1. The Morgan fingerprint density at radius 2 is 0.583 bits per heavy atom. The average molecular weight is 993 g/mol. The Balaban J connectivity index is 1.32. The van der Waals surface area contributed by atoms with Gasteiger partial charge in [0.15, 0.2) is 11.5 Å². The summed E-state index contributed by atoms with van der Waals surface area (Å²) in [7, 11) is 0. The number of aromatic carboxylic acids is 1. The van der Waals surface area contributed by atoms with Crippen molar-refractivity contribution in [2.24, 2.45) is 0 Å². The summed E-state index contributed by atoms with van der Waals surface area (Å²) in [5.41, 5.74) is 2.81. The Kier molecular flexibility index (Phi) is 32.9. The fourth-order valence-corrected chi connectivity index (χ4v) is 8.92. The molecule has 0 saturated heterocycles. The molecule has 0 aliphatic heterocycles. The van der Waals surface area contributed by atoms with Crippen molar-refractivity contribution in [2.45, 2.75) is 233 Å². The van der Waals surface area contributed by atoms with Crippen LogP contribution >= 0.6 is 0 Å². The minimum Gasteiger partial charge on any atom is -0.494 e. The molecule has 0 aromatic heterocycles. The predicted molar refractivity (Wildman–Crippen MR) is 298 cm³/mol. The summed E-state index contributed by atoms with van der Waals surface area (Å²) in [5.74, 6) is 2.32. The maximum Gasteiger partial charge on any atom is 0.335 e. The zero-order valence-electron chi connectivity index (χ0n) is 45.3. The van der Waals surface area contributed by atoms with Crippen molar-refractivity contribution in [3.63, 3.8) is 0 Å². The second-order valence-corrected chi connectivity index (χ2v) is 20.0. The average Bonchev–Trinajstić information content (AvgIpc) is 3.40. The highest BCUT2D eigenvalue weighted by Gasteiger charge is 2.20. The summed E-state index contributed by atoms with van der Waals surface area (Å²) in [6, 6.07) is 26.8. The summed E-state index contributed by atoms with van der Waals surface area (Å²) >= 11 is 0. The van der Waals surface area contributed by atoms with E-state index >= 15 is 0 Å². The molecule has 0 heterocycles. The Morgan fingerprint density at radius 3 is 0.847 bits per heavy atom. The van der Waals surface area contributed by atoms with Gasteiger partial charge >= 0.3 is 5.97 Å². The van der Waals surface area contributed by atoms with E-state index in [1.807, 2.05) is 72.8 Å². The van der Waals surface area contributed by atoms with Crippen molar-refractivity contribution < 1.29 is 38.3 Å². The standard InChI is InChI=1S/C64H96O8/c1-4-7-10-13-16-19-22-25-28-31-46-67-58-40-34-54(35-41-58)51-70-61-49-57(64(65)66)50-62(71-52-55-36-42-59(43-37-55)68-47-32-29-26-23-20-17-14-11-8-5-2)63(61)72-53-56-38-44-60(45-39-56)69-48-33-30-27-24-21-18-15-12-9-6-3/h34-45,49-50H,4-33,46-48,51-53H2,1-3H3,(H,65,66). The zero-order chi connectivity index (χ0) is 50.9. The second kappa shape index (κ2) is 39.7. The SMILES string of the molecule is CCCCCCCCCCCCOc1ccc(COc2cc(C(=O)O)cc(OCc3ccc(OCCCCCCCCCCCC)cc3)c2OCc2ccc(OCCCCCCCCCCCC)cc2)cc1. The first kappa shape index (κ1) is 59.7. The van der Waals surface area contributed by atoms with Gasteiger partial charge < -0.3 is 33.5 Å². The molecular formula is C64H96O8. The van der Waals surface area contributed by atoms with Crippen LogP contribution in [0.25, 0.3) is 0 Å². The molecule has 0 fully saturated rings. The van der Waals surface area contributed by atoms with Crippen LogP contribution in [0.2, 0.25) is 0 Å². The lowest BCUT2D eigenvalue weighted by Crippen LogP contribution is -2.07. The van der Waals surface area contributed by atoms with Crippen LogP contribution in [-0.2, 0) is 19.8 Å². The van der Waals surface area contributed by atoms with Crippen LogP contribution in [0.5, 0.6) is 34.5 Å². The molecule has 4 rings (SSSR count). The molecule has 0 bridgehead atoms. The summed E-state index contributed by atoms with van der Waals surface area (Å²) in [5, 5.41) is 10.2. The summed E-state index contributed by atoms with van der Waals surface area (Å²) < 4.78 is 37.5. The largest absolute Gasteiger partial charge is 0.494 e.